The average molecular weight is 479 g/mol. The zero-order chi connectivity index (χ0) is 24.4. The van der Waals surface area contributed by atoms with Crippen LogP contribution in [0.25, 0.3) is 6.08 Å². The zero-order valence-electron chi connectivity index (χ0n) is 18.9. The molecule has 0 saturated heterocycles. The number of aromatic nitrogens is 1. The highest BCUT2D eigenvalue weighted by atomic mass is 32.2. The van der Waals surface area contributed by atoms with E-state index in [0.29, 0.717) is 28.6 Å². The van der Waals surface area contributed by atoms with E-state index in [9.17, 15) is 13.2 Å². The van der Waals surface area contributed by atoms with E-state index in [1.165, 1.54) is 53.9 Å². The number of methoxy groups -OCH3 is 5. The predicted molar refractivity (Wildman–Crippen MR) is 123 cm³/mol. The van der Waals surface area contributed by atoms with E-state index in [4.69, 9.17) is 18.9 Å². The maximum atomic E-state index is 12.7. The van der Waals surface area contributed by atoms with E-state index >= 15 is 0 Å². The molecule has 0 amide bonds. The molecule has 33 heavy (non-hydrogen) atoms. The lowest BCUT2D eigenvalue weighted by Crippen LogP contribution is -2.05. The molecule has 0 aliphatic rings. The Morgan fingerprint density at radius 3 is 2.15 bits per heavy atom. The van der Waals surface area contributed by atoms with Crippen molar-refractivity contribution >= 4 is 27.7 Å². The number of pyridine rings is 1. The Morgan fingerprint density at radius 2 is 1.61 bits per heavy atom. The molecule has 10 nitrogen and oxygen atoms in total. The van der Waals surface area contributed by atoms with Crippen molar-refractivity contribution in [3.8, 4) is 23.0 Å². The van der Waals surface area contributed by atoms with Gasteiger partial charge < -0.3 is 29.0 Å². The Kier molecular flexibility index (Phi) is 9.10. The Bertz CT molecular complexity index is 1120. The lowest BCUT2D eigenvalue weighted by molar-refractivity contribution is -0.134. The summed E-state index contributed by atoms with van der Waals surface area (Å²) in [7, 11) is 3.41. The minimum absolute atomic E-state index is 0.243. The van der Waals surface area contributed by atoms with Crippen LogP contribution in [0.15, 0.2) is 41.9 Å². The van der Waals surface area contributed by atoms with Gasteiger partial charge in [-0.3, -0.25) is 0 Å². The molecule has 178 valence electrons. The standard InChI is InChI=1S/C22H26N2O8S/c1-28-16-12-19(30-3)17(20(13-16)31-4)9-11-33(26,27)14-15-6-7-18(29-2)22(24-15)23-10-8-21(25)32-5/h6-13H,14H2,1-5H3,(H,23,24)/b10-8-,11-9+. The molecule has 0 fully saturated rings. The van der Waals surface area contributed by atoms with Crippen LogP contribution in [0.5, 0.6) is 23.0 Å². The van der Waals surface area contributed by atoms with Crippen LogP contribution in [0.1, 0.15) is 11.3 Å². The summed E-state index contributed by atoms with van der Waals surface area (Å²) in [6, 6.07) is 6.36. The summed E-state index contributed by atoms with van der Waals surface area (Å²) in [5.74, 6) is 0.973. The number of rotatable bonds is 11. The number of benzene rings is 1. The van der Waals surface area contributed by atoms with E-state index in [-0.39, 0.29) is 17.3 Å². The van der Waals surface area contributed by atoms with Crippen LogP contribution in [-0.4, -0.2) is 54.9 Å². The summed E-state index contributed by atoms with van der Waals surface area (Å²) in [6.45, 7) is 0. The van der Waals surface area contributed by atoms with Gasteiger partial charge in [-0.2, -0.15) is 0 Å². The van der Waals surface area contributed by atoms with Crippen LogP contribution in [-0.2, 0) is 25.1 Å². The maximum absolute atomic E-state index is 12.7. The zero-order valence-corrected chi connectivity index (χ0v) is 19.8. The second kappa shape index (κ2) is 11.8. The lowest BCUT2D eigenvalue weighted by atomic mass is 10.1. The molecule has 0 unspecified atom stereocenters. The summed E-state index contributed by atoms with van der Waals surface area (Å²) in [6.07, 6.45) is 3.87. The molecule has 0 radical (unpaired) electrons. The van der Waals surface area contributed by atoms with Gasteiger partial charge in [0.25, 0.3) is 0 Å². The van der Waals surface area contributed by atoms with Gasteiger partial charge in [0, 0.05) is 29.8 Å². The molecule has 1 aromatic heterocycles. The molecule has 2 rings (SSSR count). The van der Waals surface area contributed by atoms with E-state index in [2.05, 4.69) is 15.0 Å². The molecule has 1 aromatic carbocycles. The molecule has 1 heterocycles. The Labute approximate surface area is 192 Å². The fourth-order valence-corrected chi connectivity index (χ4v) is 3.73. The number of hydrogen-bond acceptors (Lipinski definition) is 10. The van der Waals surface area contributed by atoms with Crippen LogP contribution < -0.4 is 24.3 Å². The number of esters is 1. The molecule has 2 aromatic rings. The van der Waals surface area contributed by atoms with Crippen molar-refractivity contribution in [2.45, 2.75) is 5.75 Å². The SMILES string of the molecule is COC(=O)/C=C\Nc1nc(CS(=O)(=O)/C=C/c2c(OC)cc(OC)cc2OC)ccc1OC. The molecular formula is C22H26N2O8S. The number of carbonyl (C=O) groups excluding carboxylic acids is 1. The molecule has 11 heteroatoms. The average Bonchev–Trinajstić information content (AvgIpc) is 2.81. The molecule has 0 saturated carbocycles. The predicted octanol–water partition coefficient (Wildman–Crippen LogP) is 2.80. The summed E-state index contributed by atoms with van der Waals surface area (Å²) in [4.78, 5) is 15.5. The van der Waals surface area contributed by atoms with Crippen LogP contribution >= 0.6 is 0 Å². The van der Waals surface area contributed by atoms with Gasteiger partial charge in [-0.15, -0.1) is 0 Å². The Balaban J connectivity index is 2.29. The third-order valence-electron chi connectivity index (χ3n) is 4.32. The summed E-state index contributed by atoms with van der Waals surface area (Å²) in [5, 5.41) is 3.84. The second-order valence-electron chi connectivity index (χ2n) is 6.41. The largest absolute Gasteiger partial charge is 0.496 e. The highest BCUT2D eigenvalue weighted by Crippen LogP contribution is 2.35. The van der Waals surface area contributed by atoms with Gasteiger partial charge in [0.1, 0.15) is 17.2 Å². The number of ether oxygens (including phenoxy) is 5. The lowest BCUT2D eigenvalue weighted by Gasteiger charge is -2.12. The minimum Gasteiger partial charge on any atom is -0.496 e. The fraction of sp³-hybridized carbons (Fsp3) is 0.273. The topological polar surface area (TPSA) is 122 Å². The van der Waals surface area contributed by atoms with Crippen molar-refractivity contribution in [2.75, 3.05) is 40.9 Å². The molecular weight excluding hydrogens is 452 g/mol. The van der Waals surface area contributed by atoms with Crippen molar-refractivity contribution in [1.29, 1.82) is 0 Å². The van der Waals surface area contributed by atoms with Gasteiger partial charge in [0.15, 0.2) is 21.4 Å². The number of anilines is 1. The Morgan fingerprint density at radius 1 is 0.970 bits per heavy atom. The third-order valence-corrected chi connectivity index (χ3v) is 5.57. The summed E-state index contributed by atoms with van der Waals surface area (Å²) >= 11 is 0. The first-order valence-corrected chi connectivity index (χ1v) is 11.2. The van der Waals surface area contributed by atoms with Gasteiger partial charge in [0.05, 0.1) is 52.6 Å². The Hall–Kier alpha value is -3.73. The van der Waals surface area contributed by atoms with Crippen molar-refractivity contribution < 1.29 is 36.9 Å². The quantitative estimate of drug-likeness (QED) is 0.381. The van der Waals surface area contributed by atoms with E-state index < -0.39 is 15.8 Å². The molecule has 0 atom stereocenters. The van der Waals surface area contributed by atoms with Crippen molar-refractivity contribution in [3.05, 3.63) is 53.2 Å². The van der Waals surface area contributed by atoms with Crippen LogP contribution in [0.4, 0.5) is 5.82 Å². The smallest absolute Gasteiger partial charge is 0.331 e. The number of hydrogen-bond donors (Lipinski definition) is 1. The van der Waals surface area contributed by atoms with E-state index in [0.717, 1.165) is 11.5 Å². The molecule has 0 bridgehead atoms. The van der Waals surface area contributed by atoms with Gasteiger partial charge in [0.2, 0.25) is 0 Å². The maximum Gasteiger partial charge on any atom is 0.331 e. The highest BCUT2D eigenvalue weighted by molar-refractivity contribution is 7.93. The fourth-order valence-electron chi connectivity index (χ4n) is 2.71. The number of carbonyl (C=O) groups is 1. The van der Waals surface area contributed by atoms with Gasteiger partial charge in [-0.1, -0.05) is 0 Å². The van der Waals surface area contributed by atoms with Gasteiger partial charge in [-0.05, 0) is 18.2 Å². The normalized spacial score (nSPS) is 11.4. The molecule has 0 spiro atoms. The van der Waals surface area contributed by atoms with Gasteiger partial charge >= 0.3 is 5.97 Å². The van der Waals surface area contributed by atoms with Gasteiger partial charge in [-0.25, -0.2) is 18.2 Å². The minimum atomic E-state index is -3.72. The monoisotopic (exact) mass is 478 g/mol. The third kappa shape index (κ3) is 7.14. The summed E-state index contributed by atoms with van der Waals surface area (Å²) in [5.41, 5.74) is 0.713. The number of nitrogens with zero attached hydrogens (tertiary/aromatic N) is 1. The summed E-state index contributed by atoms with van der Waals surface area (Å²) < 4.78 is 51.1. The number of nitrogens with one attached hydrogen (secondary N) is 1. The van der Waals surface area contributed by atoms with Crippen LogP contribution in [0.3, 0.4) is 0 Å². The first-order valence-electron chi connectivity index (χ1n) is 9.52. The molecule has 0 aliphatic carbocycles. The van der Waals surface area contributed by atoms with E-state index in [1.807, 2.05) is 0 Å². The number of sulfone groups is 1. The molecule has 1 N–H and O–H groups in total. The van der Waals surface area contributed by atoms with Crippen molar-refractivity contribution in [3.63, 3.8) is 0 Å². The van der Waals surface area contributed by atoms with Crippen LogP contribution in [0, 0.1) is 0 Å². The van der Waals surface area contributed by atoms with E-state index in [1.54, 1.807) is 18.2 Å². The van der Waals surface area contributed by atoms with Crippen molar-refractivity contribution in [2.24, 2.45) is 0 Å². The van der Waals surface area contributed by atoms with Crippen LogP contribution in [0.2, 0.25) is 0 Å². The first-order chi connectivity index (χ1) is 15.8. The first kappa shape index (κ1) is 25.5. The highest BCUT2D eigenvalue weighted by Gasteiger charge is 2.15. The van der Waals surface area contributed by atoms with Crippen molar-refractivity contribution in [1.82, 2.24) is 4.98 Å². The second-order valence-corrected chi connectivity index (χ2v) is 8.30. The molecule has 0 aliphatic heterocycles.